The normalized spacial score (nSPS) is 10.5. The highest BCUT2D eigenvalue weighted by molar-refractivity contribution is 6.33. The van der Waals surface area contributed by atoms with Gasteiger partial charge in [0.1, 0.15) is 0 Å². The van der Waals surface area contributed by atoms with E-state index in [2.05, 4.69) is 16.4 Å². The zero-order chi connectivity index (χ0) is 15.2. The molecule has 0 radical (unpaired) electrons. The molecule has 1 aromatic heterocycles. The highest BCUT2D eigenvalue weighted by Gasteiger charge is 2.12. The minimum absolute atomic E-state index is 0.565. The number of aryl methyl sites for hydroxylation is 1. The van der Waals surface area contributed by atoms with Crippen LogP contribution in [0.15, 0.2) is 30.5 Å². The summed E-state index contributed by atoms with van der Waals surface area (Å²) in [6, 6.07) is 7.85. The number of methoxy groups -OCH3 is 2. The molecule has 1 heterocycles. The lowest BCUT2D eigenvalue weighted by molar-refractivity contribution is 0.354. The van der Waals surface area contributed by atoms with Gasteiger partial charge >= 0.3 is 0 Å². The van der Waals surface area contributed by atoms with Crippen molar-refractivity contribution < 1.29 is 9.47 Å². The molecule has 112 valence electrons. The molecule has 0 aliphatic rings. The van der Waals surface area contributed by atoms with Crippen LogP contribution in [0.3, 0.4) is 0 Å². The Morgan fingerprint density at radius 1 is 1.10 bits per heavy atom. The first-order valence-corrected chi connectivity index (χ1v) is 7.05. The lowest BCUT2D eigenvalue weighted by atomic mass is 10.2. The molecule has 1 N–H and O–H groups in total. The van der Waals surface area contributed by atoms with Crippen LogP contribution in [0.4, 0.5) is 0 Å². The van der Waals surface area contributed by atoms with Crippen LogP contribution in [0.5, 0.6) is 11.5 Å². The molecule has 1 aromatic carbocycles. The monoisotopic (exact) mass is 306 g/mol. The van der Waals surface area contributed by atoms with Crippen molar-refractivity contribution in [2.75, 3.05) is 14.2 Å². The highest BCUT2D eigenvalue weighted by atomic mass is 35.5. The number of nitrogens with zero attached hydrogens (tertiary/aromatic N) is 1. The van der Waals surface area contributed by atoms with Crippen LogP contribution < -0.4 is 14.8 Å². The predicted molar refractivity (Wildman–Crippen MR) is 84.1 cm³/mol. The highest BCUT2D eigenvalue weighted by Crippen LogP contribution is 2.37. The van der Waals surface area contributed by atoms with Crippen molar-refractivity contribution >= 4 is 11.6 Å². The van der Waals surface area contributed by atoms with Gasteiger partial charge in [-0.1, -0.05) is 23.7 Å². The second-order valence-corrected chi connectivity index (χ2v) is 5.06. The Balaban J connectivity index is 2.01. The van der Waals surface area contributed by atoms with Gasteiger partial charge in [-0.25, -0.2) is 0 Å². The van der Waals surface area contributed by atoms with Gasteiger partial charge in [0.2, 0.25) is 0 Å². The fraction of sp³-hybridized carbons (Fsp3) is 0.312. The third-order valence-corrected chi connectivity index (χ3v) is 3.60. The maximum absolute atomic E-state index is 6.34. The zero-order valence-electron chi connectivity index (χ0n) is 12.4. The molecule has 0 aliphatic heterocycles. The van der Waals surface area contributed by atoms with Crippen molar-refractivity contribution in [2.45, 2.75) is 20.0 Å². The van der Waals surface area contributed by atoms with Crippen LogP contribution in [0.2, 0.25) is 5.02 Å². The number of hydrogen-bond donors (Lipinski definition) is 1. The van der Waals surface area contributed by atoms with E-state index in [1.165, 1.54) is 0 Å². The standard InChI is InChI=1S/C16H19ClN2O2/c1-11-4-5-12(9-19-11)8-18-10-13-6-7-14(20-2)16(21-3)15(13)17/h4-7,9,18H,8,10H2,1-3H3. The topological polar surface area (TPSA) is 43.4 Å². The Bertz CT molecular complexity index is 600. The zero-order valence-corrected chi connectivity index (χ0v) is 13.2. The summed E-state index contributed by atoms with van der Waals surface area (Å²) in [5.74, 6) is 1.20. The third kappa shape index (κ3) is 3.86. The number of aromatic nitrogens is 1. The van der Waals surface area contributed by atoms with Gasteiger partial charge in [0.15, 0.2) is 11.5 Å². The first-order chi connectivity index (χ1) is 10.2. The molecule has 0 unspecified atom stereocenters. The molecule has 0 spiro atoms. The Morgan fingerprint density at radius 2 is 1.90 bits per heavy atom. The Labute approximate surface area is 130 Å². The molecule has 4 nitrogen and oxygen atoms in total. The second-order valence-electron chi connectivity index (χ2n) is 4.69. The molecular weight excluding hydrogens is 288 g/mol. The predicted octanol–water partition coefficient (Wildman–Crippen LogP) is 3.35. The Hall–Kier alpha value is -1.78. The summed E-state index contributed by atoms with van der Waals surface area (Å²) in [7, 11) is 3.18. The Morgan fingerprint density at radius 3 is 2.52 bits per heavy atom. The average Bonchev–Trinajstić information content (AvgIpc) is 2.50. The van der Waals surface area contributed by atoms with Crippen molar-refractivity contribution in [3.8, 4) is 11.5 Å². The van der Waals surface area contributed by atoms with E-state index in [9.17, 15) is 0 Å². The molecule has 0 bridgehead atoms. The summed E-state index contributed by atoms with van der Waals surface area (Å²) in [4.78, 5) is 4.27. The number of benzene rings is 1. The van der Waals surface area contributed by atoms with Gasteiger partial charge in [0.05, 0.1) is 19.2 Å². The number of ether oxygens (including phenoxy) is 2. The third-order valence-electron chi connectivity index (χ3n) is 3.18. The van der Waals surface area contributed by atoms with Crippen LogP contribution in [0.1, 0.15) is 16.8 Å². The van der Waals surface area contributed by atoms with Crippen molar-refractivity contribution in [1.29, 1.82) is 0 Å². The van der Waals surface area contributed by atoms with E-state index in [-0.39, 0.29) is 0 Å². The molecule has 0 fully saturated rings. The van der Waals surface area contributed by atoms with Gasteiger partial charge in [-0.3, -0.25) is 4.98 Å². The van der Waals surface area contributed by atoms with Gasteiger partial charge in [-0.05, 0) is 30.2 Å². The summed E-state index contributed by atoms with van der Waals surface area (Å²) in [5.41, 5.74) is 3.12. The van der Waals surface area contributed by atoms with Gasteiger partial charge < -0.3 is 14.8 Å². The molecule has 21 heavy (non-hydrogen) atoms. The molecule has 2 rings (SSSR count). The van der Waals surface area contributed by atoms with Crippen LogP contribution in [0, 0.1) is 6.92 Å². The summed E-state index contributed by atoms with van der Waals surface area (Å²) in [6.45, 7) is 3.35. The smallest absolute Gasteiger partial charge is 0.179 e. The van der Waals surface area contributed by atoms with Crippen molar-refractivity contribution in [3.63, 3.8) is 0 Å². The SMILES string of the molecule is COc1ccc(CNCc2ccc(C)nc2)c(Cl)c1OC. The molecule has 5 heteroatoms. The number of nitrogens with one attached hydrogen (secondary N) is 1. The fourth-order valence-electron chi connectivity index (χ4n) is 2.01. The van der Waals surface area contributed by atoms with Gasteiger partial charge in [0.25, 0.3) is 0 Å². The number of rotatable bonds is 6. The van der Waals surface area contributed by atoms with E-state index in [1.54, 1.807) is 14.2 Å². The number of hydrogen-bond acceptors (Lipinski definition) is 4. The van der Waals surface area contributed by atoms with Crippen LogP contribution in [-0.4, -0.2) is 19.2 Å². The second kappa shape index (κ2) is 7.29. The first kappa shape index (κ1) is 15.6. The molecule has 0 amide bonds. The molecular formula is C16H19ClN2O2. The van der Waals surface area contributed by atoms with Crippen molar-refractivity contribution in [3.05, 3.63) is 52.3 Å². The minimum Gasteiger partial charge on any atom is -0.493 e. The molecule has 0 aliphatic carbocycles. The molecule has 2 aromatic rings. The largest absolute Gasteiger partial charge is 0.493 e. The Kier molecular flexibility index (Phi) is 5.42. The maximum Gasteiger partial charge on any atom is 0.179 e. The van der Waals surface area contributed by atoms with Crippen molar-refractivity contribution in [2.24, 2.45) is 0 Å². The molecule has 0 saturated heterocycles. The van der Waals surface area contributed by atoms with Crippen molar-refractivity contribution in [1.82, 2.24) is 10.3 Å². The van der Waals surface area contributed by atoms with Gasteiger partial charge in [-0.15, -0.1) is 0 Å². The summed E-state index contributed by atoms with van der Waals surface area (Å²) in [6.07, 6.45) is 1.87. The average molecular weight is 307 g/mol. The van der Waals surface area contributed by atoms with E-state index in [0.717, 1.165) is 23.4 Å². The fourth-order valence-corrected chi connectivity index (χ4v) is 2.31. The molecule has 0 saturated carbocycles. The van der Waals surface area contributed by atoms with E-state index in [1.807, 2.05) is 31.3 Å². The van der Waals surface area contributed by atoms with E-state index < -0.39 is 0 Å². The van der Waals surface area contributed by atoms with Crippen LogP contribution in [0.25, 0.3) is 0 Å². The van der Waals surface area contributed by atoms with Gasteiger partial charge in [0, 0.05) is 25.0 Å². The summed E-state index contributed by atoms with van der Waals surface area (Å²) >= 11 is 6.34. The van der Waals surface area contributed by atoms with Crippen LogP contribution in [-0.2, 0) is 13.1 Å². The van der Waals surface area contributed by atoms with Gasteiger partial charge in [-0.2, -0.15) is 0 Å². The summed E-state index contributed by atoms with van der Waals surface area (Å²) < 4.78 is 10.5. The quantitative estimate of drug-likeness (QED) is 0.889. The number of pyridine rings is 1. The minimum atomic E-state index is 0.565. The lowest BCUT2D eigenvalue weighted by Gasteiger charge is -2.13. The van der Waals surface area contributed by atoms with E-state index >= 15 is 0 Å². The van der Waals surface area contributed by atoms with E-state index in [4.69, 9.17) is 21.1 Å². The summed E-state index contributed by atoms with van der Waals surface area (Å²) in [5, 5.41) is 3.92. The van der Waals surface area contributed by atoms with E-state index in [0.29, 0.717) is 23.1 Å². The molecule has 0 atom stereocenters. The lowest BCUT2D eigenvalue weighted by Crippen LogP contribution is -2.13. The number of halogens is 1. The maximum atomic E-state index is 6.34. The first-order valence-electron chi connectivity index (χ1n) is 6.67. The van der Waals surface area contributed by atoms with Crippen LogP contribution >= 0.6 is 11.6 Å².